The lowest BCUT2D eigenvalue weighted by atomic mass is 9.98. The lowest BCUT2D eigenvalue weighted by Crippen LogP contribution is -2.49. The summed E-state index contributed by atoms with van der Waals surface area (Å²) in [5.41, 5.74) is 4.46. The molecular formula is C20H22N2O5. The summed E-state index contributed by atoms with van der Waals surface area (Å²) in [6.07, 6.45) is -0.770. The zero-order chi connectivity index (χ0) is 19.4. The van der Waals surface area contributed by atoms with Crippen molar-refractivity contribution >= 4 is 12.0 Å². The molecule has 0 radical (unpaired) electrons. The Hall–Kier alpha value is -2.90. The SMILES string of the molecule is CON(C)C(=O)[C@H](CO)NC(=O)OCC1c2ccccc2-c2ccccc21. The zero-order valence-electron chi connectivity index (χ0n) is 15.2. The average molecular weight is 370 g/mol. The number of aliphatic hydroxyl groups is 1. The van der Waals surface area contributed by atoms with Crippen LogP contribution in [0.5, 0.6) is 0 Å². The van der Waals surface area contributed by atoms with Gasteiger partial charge in [-0.3, -0.25) is 9.63 Å². The van der Waals surface area contributed by atoms with Crippen molar-refractivity contribution in [2.45, 2.75) is 12.0 Å². The molecule has 0 spiro atoms. The first-order valence-electron chi connectivity index (χ1n) is 8.60. The minimum atomic E-state index is -1.13. The Morgan fingerprint density at radius 1 is 1.11 bits per heavy atom. The highest BCUT2D eigenvalue weighted by molar-refractivity contribution is 5.85. The molecule has 2 N–H and O–H groups in total. The van der Waals surface area contributed by atoms with Gasteiger partial charge >= 0.3 is 6.09 Å². The number of amides is 2. The fraction of sp³-hybridized carbons (Fsp3) is 0.300. The molecule has 0 saturated carbocycles. The summed E-state index contributed by atoms with van der Waals surface area (Å²) in [5, 5.41) is 12.7. The summed E-state index contributed by atoms with van der Waals surface area (Å²) in [4.78, 5) is 28.9. The van der Waals surface area contributed by atoms with Gasteiger partial charge < -0.3 is 15.2 Å². The second-order valence-corrected chi connectivity index (χ2v) is 6.22. The highest BCUT2D eigenvalue weighted by Crippen LogP contribution is 2.44. The van der Waals surface area contributed by atoms with Gasteiger partial charge in [0.2, 0.25) is 0 Å². The lowest BCUT2D eigenvalue weighted by molar-refractivity contribution is -0.171. The fourth-order valence-corrected chi connectivity index (χ4v) is 3.28. The molecule has 0 aromatic heterocycles. The third-order valence-electron chi connectivity index (χ3n) is 4.70. The number of alkyl carbamates (subject to hydrolysis) is 1. The van der Waals surface area contributed by atoms with Crippen LogP contribution < -0.4 is 5.32 Å². The normalized spacial score (nSPS) is 13.4. The molecule has 7 heteroatoms. The van der Waals surface area contributed by atoms with E-state index in [1.807, 2.05) is 36.4 Å². The van der Waals surface area contributed by atoms with Crippen LogP contribution in [0.2, 0.25) is 0 Å². The van der Waals surface area contributed by atoms with Crippen LogP contribution in [0.15, 0.2) is 48.5 Å². The lowest BCUT2D eigenvalue weighted by Gasteiger charge is -2.21. The molecule has 2 aromatic rings. The summed E-state index contributed by atoms with van der Waals surface area (Å²) in [7, 11) is 2.71. The Bertz CT molecular complexity index is 793. The van der Waals surface area contributed by atoms with Crippen molar-refractivity contribution < 1.29 is 24.3 Å². The minimum absolute atomic E-state index is 0.0759. The second-order valence-electron chi connectivity index (χ2n) is 6.22. The minimum Gasteiger partial charge on any atom is -0.449 e. The number of hydroxylamine groups is 2. The molecule has 0 heterocycles. The molecule has 1 aliphatic rings. The molecule has 1 aliphatic carbocycles. The Morgan fingerprint density at radius 2 is 1.67 bits per heavy atom. The maximum absolute atomic E-state index is 12.2. The van der Waals surface area contributed by atoms with E-state index in [4.69, 9.17) is 9.57 Å². The number of benzene rings is 2. The van der Waals surface area contributed by atoms with E-state index in [9.17, 15) is 14.7 Å². The van der Waals surface area contributed by atoms with Crippen LogP contribution in [0.1, 0.15) is 17.0 Å². The summed E-state index contributed by atoms with van der Waals surface area (Å²) in [5.74, 6) is -0.651. The molecule has 1 atom stereocenters. The molecule has 2 aromatic carbocycles. The van der Waals surface area contributed by atoms with Crippen molar-refractivity contribution in [3.8, 4) is 11.1 Å². The van der Waals surface area contributed by atoms with Gasteiger partial charge in [0.15, 0.2) is 0 Å². The molecule has 142 valence electrons. The van der Waals surface area contributed by atoms with E-state index in [-0.39, 0.29) is 12.5 Å². The maximum atomic E-state index is 12.2. The van der Waals surface area contributed by atoms with Crippen LogP contribution in [0.4, 0.5) is 4.79 Å². The van der Waals surface area contributed by atoms with Crippen LogP contribution in [-0.2, 0) is 14.4 Å². The number of aliphatic hydroxyl groups excluding tert-OH is 1. The van der Waals surface area contributed by atoms with E-state index in [2.05, 4.69) is 17.4 Å². The van der Waals surface area contributed by atoms with E-state index in [0.29, 0.717) is 0 Å². The van der Waals surface area contributed by atoms with E-state index in [1.54, 1.807) is 0 Å². The van der Waals surface area contributed by atoms with E-state index < -0.39 is 24.6 Å². The summed E-state index contributed by atoms with van der Waals surface area (Å²) < 4.78 is 5.36. The van der Waals surface area contributed by atoms with Crippen LogP contribution in [-0.4, -0.2) is 55.6 Å². The van der Waals surface area contributed by atoms with Gasteiger partial charge in [0, 0.05) is 13.0 Å². The van der Waals surface area contributed by atoms with Gasteiger partial charge in [-0.2, -0.15) is 0 Å². The van der Waals surface area contributed by atoms with Gasteiger partial charge in [0.25, 0.3) is 5.91 Å². The number of ether oxygens (including phenoxy) is 1. The second kappa shape index (κ2) is 8.20. The number of nitrogens with one attached hydrogen (secondary N) is 1. The standard InChI is InChI=1S/C20H22N2O5/c1-22(26-2)19(24)18(11-23)21-20(25)27-12-17-15-9-5-3-7-13(15)14-8-4-6-10-16(14)17/h3-10,17-18,23H,11-12H2,1-2H3,(H,21,25)/t18-/m0/s1. The molecule has 0 saturated heterocycles. The average Bonchev–Trinajstić information content (AvgIpc) is 3.03. The Morgan fingerprint density at radius 3 is 2.19 bits per heavy atom. The van der Waals surface area contributed by atoms with Crippen molar-refractivity contribution in [1.29, 1.82) is 0 Å². The fourth-order valence-electron chi connectivity index (χ4n) is 3.28. The van der Waals surface area contributed by atoms with Crippen LogP contribution >= 0.6 is 0 Å². The summed E-state index contributed by atoms with van der Waals surface area (Å²) in [6, 6.07) is 14.9. The Kier molecular flexibility index (Phi) is 5.73. The molecule has 27 heavy (non-hydrogen) atoms. The Labute approximate surface area is 157 Å². The monoisotopic (exact) mass is 370 g/mol. The van der Waals surface area contributed by atoms with Crippen LogP contribution in [0, 0.1) is 0 Å². The summed E-state index contributed by atoms with van der Waals surface area (Å²) in [6.45, 7) is -0.428. The summed E-state index contributed by atoms with van der Waals surface area (Å²) >= 11 is 0. The molecule has 7 nitrogen and oxygen atoms in total. The third kappa shape index (κ3) is 3.79. The molecule has 0 fully saturated rings. The number of rotatable bonds is 6. The van der Waals surface area contributed by atoms with Gasteiger partial charge in [-0.25, -0.2) is 9.86 Å². The zero-order valence-corrected chi connectivity index (χ0v) is 15.2. The molecule has 0 unspecified atom stereocenters. The molecule has 3 rings (SSSR count). The van der Waals surface area contributed by atoms with Crippen molar-refractivity contribution in [3.05, 3.63) is 59.7 Å². The first kappa shape index (κ1) is 18.9. The number of carbonyl (C=O) groups is 2. The molecule has 0 aliphatic heterocycles. The van der Waals surface area contributed by atoms with Gasteiger partial charge in [-0.1, -0.05) is 48.5 Å². The predicted octanol–water partition coefficient (Wildman–Crippen LogP) is 1.91. The molecule has 2 amide bonds. The van der Waals surface area contributed by atoms with Crippen molar-refractivity contribution in [3.63, 3.8) is 0 Å². The van der Waals surface area contributed by atoms with Crippen LogP contribution in [0.25, 0.3) is 11.1 Å². The number of nitrogens with zero attached hydrogens (tertiary/aromatic N) is 1. The first-order chi connectivity index (χ1) is 13.1. The van der Waals surface area contributed by atoms with E-state index in [1.165, 1.54) is 14.2 Å². The largest absolute Gasteiger partial charge is 0.449 e. The Balaban J connectivity index is 1.68. The van der Waals surface area contributed by atoms with Gasteiger partial charge in [-0.05, 0) is 22.3 Å². The smallest absolute Gasteiger partial charge is 0.407 e. The number of likely N-dealkylation sites (N-methyl/N-ethyl adjacent to an activating group) is 1. The predicted molar refractivity (Wildman–Crippen MR) is 98.9 cm³/mol. The number of hydrogen-bond donors (Lipinski definition) is 2. The van der Waals surface area contributed by atoms with Gasteiger partial charge in [-0.15, -0.1) is 0 Å². The van der Waals surface area contributed by atoms with Gasteiger partial charge in [0.05, 0.1) is 13.7 Å². The number of fused-ring (bicyclic) bond motifs is 3. The van der Waals surface area contributed by atoms with Crippen LogP contribution in [0.3, 0.4) is 0 Å². The maximum Gasteiger partial charge on any atom is 0.407 e. The molecular weight excluding hydrogens is 348 g/mol. The number of carbonyl (C=O) groups excluding carboxylic acids is 2. The molecule has 0 bridgehead atoms. The first-order valence-corrected chi connectivity index (χ1v) is 8.60. The van der Waals surface area contributed by atoms with Crippen molar-refractivity contribution in [1.82, 2.24) is 10.4 Å². The van der Waals surface area contributed by atoms with Crippen molar-refractivity contribution in [2.24, 2.45) is 0 Å². The highest BCUT2D eigenvalue weighted by Gasteiger charge is 2.30. The van der Waals surface area contributed by atoms with E-state index in [0.717, 1.165) is 27.3 Å². The quantitative estimate of drug-likeness (QED) is 0.759. The van der Waals surface area contributed by atoms with Gasteiger partial charge in [0.1, 0.15) is 12.6 Å². The van der Waals surface area contributed by atoms with E-state index >= 15 is 0 Å². The van der Waals surface area contributed by atoms with Crippen molar-refractivity contribution in [2.75, 3.05) is 27.4 Å². The number of hydrogen-bond acceptors (Lipinski definition) is 5. The third-order valence-corrected chi connectivity index (χ3v) is 4.70. The highest BCUT2D eigenvalue weighted by atomic mass is 16.7. The topological polar surface area (TPSA) is 88.1 Å².